The van der Waals surface area contributed by atoms with Crippen LogP contribution in [0, 0.1) is 11.8 Å². The molecule has 1 aliphatic heterocycles. The minimum Gasteiger partial charge on any atom is -0.349 e. The fourth-order valence-electron chi connectivity index (χ4n) is 2.66. The van der Waals surface area contributed by atoms with Crippen LogP contribution in [0.2, 0.25) is 5.02 Å². The molecule has 2 N–H and O–H groups in total. The summed E-state index contributed by atoms with van der Waals surface area (Å²) in [5, 5.41) is 7.12. The summed E-state index contributed by atoms with van der Waals surface area (Å²) >= 11 is 5.94. The maximum atomic E-state index is 12.1. The number of rotatable bonds is 4. The van der Waals surface area contributed by atoms with Crippen LogP contribution < -0.4 is 10.6 Å². The van der Waals surface area contributed by atoms with Gasteiger partial charge in [-0.2, -0.15) is 0 Å². The van der Waals surface area contributed by atoms with Crippen LogP contribution >= 0.6 is 11.6 Å². The van der Waals surface area contributed by atoms with Gasteiger partial charge in [0.2, 0.25) is 5.91 Å². The second-order valence-corrected chi connectivity index (χ2v) is 6.02. The summed E-state index contributed by atoms with van der Waals surface area (Å²) in [6, 6.07) is 8.02. The molecule has 2 aliphatic rings. The predicted molar refractivity (Wildman–Crippen MR) is 76.0 cm³/mol. The third-order valence-electron chi connectivity index (χ3n) is 4.30. The van der Waals surface area contributed by atoms with E-state index in [4.69, 9.17) is 11.6 Å². The molecule has 3 rings (SSSR count). The first-order valence-electron chi connectivity index (χ1n) is 7.00. The topological polar surface area (TPSA) is 41.1 Å². The lowest BCUT2D eigenvalue weighted by Crippen LogP contribution is -2.52. The quantitative estimate of drug-likeness (QED) is 0.889. The Morgan fingerprint density at radius 3 is 2.42 bits per heavy atom. The number of nitrogens with one attached hydrogen (secondary N) is 2. The van der Waals surface area contributed by atoms with Crippen LogP contribution in [0.3, 0.4) is 0 Å². The highest BCUT2D eigenvalue weighted by atomic mass is 35.5. The second-order valence-electron chi connectivity index (χ2n) is 5.58. The summed E-state index contributed by atoms with van der Waals surface area (Å²) in [5.74, 6) is 0.915. The first kappa shape index (κ1) is 12.9. The Morgan fingerprint density at radius 1 is 1.26 bits per heavy atom. The van der Waals surface area contributed by atoms with E-state index in [-0.39, 0.29) is 17.9 Å². The van der Waals surface area contributed by atoms with Crippen molar-refractivity contribution in [2.45, 2.75) is 25.3 Å². The maximum absolute atomic E-state index is 12.1. The molecule has 0 radical (unpaired) electrons. The third-order valence-corrected chi connectivity index (χ3v) is 4.55. The maximum Gasteiger partial charge on any atom is 0.226 e. The minimum atomic E-state index is 0.148. The number of hydrogen-bond acceptors (Lipinski definition) is 2. The zero-order valence-corrected chi connectivity index (χ0v) is 11.6. The van der Waals surface area contributed by atoms with Gasteiger partial charge in [0, 0.05) is 18.1 Å². The summed E-state index contributed by atoms with van der Waals surface area (Å²) in [5.41, 5.74) is 1.18. The van der Waals surface area contributed by atoms with E-state index in [1.807, 2.05) is 24.3 Å². The highest BCUT2D eigenvalue weighted by Gasteiger charge is 2.33. The van der Waals surface area contributed by atoms with Gasteiger partial charge in [0.15, 0.2) is 0 Å². The van der Waals surface area contributed by atoms with Crippen molar-refractivity contribution in [2.75, 3.05) is 13.1 Å². The average molecular weight is 279 g/mol. The number of benzene rings is 1. The molecular weight excluding hydrogens is 260 g/mol. The first-order valence-corrected chi connectivity index (χ1v) is 7.38. The van der Waals surface area contributed by atoms with Crippen molar-refractivity contribution in [3.8, 4) is 0 Å². The van der Waals surface area contributed by atoms with E-state index in [2.05, 4.69) is 10.6 Å². The average Bonchev–Trinajstić information content (AvgIpc) is 2.24. The normalized spacial score (nSPS) is 21.3. The van der Waals surface area contributed by atoms with Gasteiger partial charge in [-0.1, -0.05) is 30.2 Å². The van der Waals surface area contributed by atoms with E-state index in [1.165, 1.54) is 24.8 Å². The summed E-state index contributed by atoms with van der Waals surface area (Å²) in [7, 11) is 0. The molecule has 19 heavy (non-hydrogen) atoms. The molecule has 2 fully saturated rings. The zero-order chi connectivity index (χ0) is 13.2. The van der Waals surface area contributed by atoms with Gasteiger partial charge in [-0.15, -0.1) is 0 Å². The number of amides is 1. The van der Waals surface area contributed by atoms with Crippen molar-refractivity contribution in [1.29, 1.82) is 0 Å². The molecular formula is C15H19ClN2O. The Balaban J connectivity index is 1.73. The Bertz CT molecular complexity index is 452. The van der Waals surface area contributed by atoms with Crippen molar-refractivity contribution < 1.29 is 4.79 Å². The Labute approximate surface area is 118 Å². The van der Waals surface area contributed by atoms with Crippen LogP contribution in [0.1, 0.15) is 30.9 Å². The van der Waals surface area contributed by atoms with E-state index < -0.39 is 0 Å². The first-order chi connectivity index (χ1) is 9.24. The van der Waals surface area contributed by atoms with Crippen molar-refractivity contribution in [1.82, 2.24) is 10.6 Å². The van der Waals surface area contributed by atoms with E-state index in [1.54, 1.807) is 0 Å². The van der Waals surface area contributed by atoms with Gasteiger partial charge in [0.05, 0.1) is 12.0 Å². The molecule has 102 valence electrons. The highest BCUT2D eigenvalue weighted by molar-refractivity contribution is 6.30. The van der Waals surface area contributed by atoms with Gasteiger partial charge >= 0.3 is 0 Å². The summed E-state index contributed by atoms with van der Waals surface area (Å²) in [6.45, 7) is 1.62. The molecule has 1 atom stereocenters. The lowest BCUT2D eigenvalue weighted by atomic mass is 9.77. The number of hydrogen-bond donors (Lipinski definition) is 2. The molecule has 1 aromatic carbocycles. The molecule has 1 aliphatic carbocycles. The van der Waals surface area contributed by atoms with Crippen LogP contribution in [-0.2, 0) is 4.79 Å². The summed E-state index contributed by atoms with van der Waals surface area (Å²) in [6.07, 6.45) is 3.68. The number of carbonyl (C=O) groups is 1. The summed E-state index contributed by atoms with van der Waals surface area (Å²) < 4.78 is 0. The monoisotopic (exact) mass is 278 g/mol. The van der Waals surface area contributed by atoms with Crippen LogP contribution in [0.4, 0.5) is 0 Å². The standard InChI is InChI=1S/C15H19ClN2O/c16-13-6-4-11(5-7-13)14(10-2-1-3-10)18-15(19)12-8-17-9-12/h4-7,10,12,14,17H,1-3,8-9H2,(H,18,19). The van der Waals surface area contributed by atoms with Crippen LogP contribution in [0.15, 0.2) is 24.3 Å². The molecule has 4 heteroatoms. The molecule has 0 bridgehead atoms. The molecule has 1 amide bonds. The van der Waals surface area contributed by atoms with E-state index >= 15 is 0 Å². The van der Waals surface area contributed by atoms with Gasteiger partial charge in [-0.05, 0) is 36.5 Å². The van der Waals surface area contributed by atoms with Crippen molar-refractivity contribution in [3.05, 3.63) is 34.9 Å². The second kappa shape index (κ2) is 5.51. The van der Waals surface area contributed by atoms with Crippen molar-refractivity contribution in [2.24, 2.45) is 11.8 Å². The Morgan fingerprint density at radius 2 is 1.95 bits per heavy atom. The molecule has 1 unspecified atom stereocenters. The van der Waals surface area contributed by atoms with E-state index in [9.17, 15) is 4.79 Å². The van der Waals surface area contributed by atoms with Gasteiger partial charge in [-0.3, -0.25) is 4.79 Å². The molecule has 1 heterocycles. The number of carbonyl (C=O) groups excluding carboxylic acids is 1. The van der Waals surface area contributed by atoms with Gasteiger partial charge in [-0.25, -0.2) is 0 Å². The zero-order valence-electron chi connectivity index (χ0n) is 10.9. The van der Waals surface area contributed by atoms with Crippen LogP contribution in [0.5, 0.6) is 0 Å². The lowest BCUT2D eigenvalue weighted by Gasteiger charge is -2.36. The van der Waals surface area contributed by atoms with Crippen LogP contribution in [0.25, 0.3) is 0 Å². The smallest absolute Gasteiger partial charge is 0.226 e. The van der Waals surface area contributed by atoms with Gasteiger partial charge < -0.3 is 10.6 Å². The third kappa shape index (κ3) is 2.77. The van der Waals surface area contributed by atoms with E-state index in [0.29, 0.717) is 5.92 Å². The van der Waals surface area contributed by atoms with Crippen molar-refractivity contribution >= 4 is 17.5 Å². The van der Waals surface area contributed by atoms with Gasteiger partial charge in [0.25, 0.3) is 0 Å². The number of halogens is 1. The molecule has 0 aromatic heterocycles. The fraction of sp³-hybridized carbons (Fsp3) is 0.533. The predicted octanol–water partition coefficient (Wildman–Crippen LogP) is 2.52. The molecule has 3 nitrogen and oxygen atoms in total. The summed E-state index contributed by atoms with van der Waals surface area (Å²) in [4.78, 5) is 12.1. The molecule has 0 spiro atoms. The largest absolute Gasteiger partial charge is 0.349 e. The molecule has 1 saturated heterocycles. The van der Waals surface area contributed by atoms with Crippen molar-refractivity contribution in [3.63, 3.8) is 0 Å². The van der Waals surface area contributed by atoms with Gasteiger partial charge in [0.1, 0.15) is 0 Å². The van der Waals surface area contributed by atoms with E-state index in [0.717, 1.165) is 18.1 Å². The van der Waals surface area contributed by atoms with Crippen LogP contribution in [-0.4, -0.2) is 19.0 Å². The Hall–Kier alpha value is -1.06. The molecule has 1 aromatic rings. The lowest BCUT2D eigenvalue weighted by molar-refractivity contribution is -0.127. The SMILES string of the molecule is O=C(NC(c1ccc(Cl)cc1)C1CCC1)C1CNC1. The highest BCUT2D eigenvalue weighted by Crippen LogP contribution is 2.38. The minimum absolute atomic E-state index is 0.148. The fourth-order valence-corrected chi connectivity index (χ4v) is 2.79. The molecule has 1 saturated carbocycles. The Kier molecular flexibility index (Phi) is 3.76.